The maximum absolute atomic E-state index is 4.21. The fraction of sp³-hybridized carbons (Fsp3) is 0.190. The van der Waals surface area contributed by atoms with Crippen LogP contribution in [0.25, 0.3) is 11.8 Å². The molecule has 2 aliphatic heterocycles. The van der Waals surface area contributed by atoms with Crippen LogP contribution >= 0.6 is 0 Å². The molecule has 25 heavy (non-hydrogen) atoms. The molecular weight excluding hydrogens is 308 g/mol. The number of hydrogen-bond donors (Lipinski definition) is 2. The number of hydrogen-bond acceptors (Lipinski definition) is 3. The van der Waals surface area contributed by atoms with Gasteiger partial charge in [0.05, 0.1) is 17.6 Å². The Bertz CT molecular complexity index is 941. The van der Waals surface area contributed by atoms with Crippen LogP contribution in [-0.4, -0.2) is 16.3 Å². The van der Waals surface area contributed by atoms with Gasteiger partial charge in [-0.05, 0) is 30.0 Å². The summed E-state index contributed by atoms with van der Waals surface area (Å²) in [5.74, 6) is 0.371. The summed E-state index contributed by atoms with van der Waals surface area (Å²) in [5.41, 5.74) is 12.1. The number of fused-ring (bicyclic) bond motifs is 2. The monoisotopic (exact) mass is 328 g/mol. The molecule has 1 aromatic heterocycles. The van der Waals surface area contributed by atoms with Gasteiger partial charge in [0.15, 0.2) is 0 Å². The molecule has 0 saturated carbocycles. The van der Waals surface area contributed by atoms with Crippen LogP contribution in [0.2, 0.25) is 0 Å². The van der Waals surface area contributed by atoms with Crippen LogP contribution in [0, 0.1) is 0 Å². The molecule has 4 heteroatoms. The molecule has 0 radical (unpaired) electrons. The first-order chi connectivity index (χ1) is 12.3. The fourth-order valence-corrected chi connectivity index (χ4v) is 3.93. The zero-order chi connectivity index (χ0) is 16.8. The average Bonchev–Trinajstić information content (AvgIpc) is 3.03. The standard InChI is InChI=1S/C21H20N4/c1-2-14-3-5-15(6-4-14)18-9-10-19-20-16(11-23-21(18)20)7-8-17-12-22-13-24-25(17)19/h3-8,10-13,18,23H,2,9H2,1H3,(H,22,24). The van der Waals surface area contributed by atoms with Crippen molar-refractivity contribution in [2.45, 2.75) is 25.7 Å². The molecule has 1 aromatic carbocycles. The summed E-state index contributed by atoms with van der Waals surface area (Å²) in [4.78, 5) is 7.76. The number of allylic oxidation sites excluding steroid dienone is 2. The van der Waals surface area contributed by atoms with Crippen molar-refractivity contribution < 1.29 is 0 Å². The normalized spacial score (nSPS) is 20.2. The number of nitrogens with zero attached hydrogens (tertiary/aromatic N) is 2. The molecule has 124 valence electrons. The highest BCUT2D eigenvalue weighted by atomic mass is 15.5. The molecule has 0 fully saturated rings. The molecule has 2 aromatic rings. The van der Waals surface area contributed by atoms with E-state index in [1.807, 2.05) is 6.20 Å². The van der Waals surface area contributed by atoms with Crippen molar-refractivity contribution >= 4 is 18.1 Å². The number of nitrogens with one attached hydrogen (secondary N) is 2. The topological polar surface area (TPSA) is 43.4 Å². The number of aryl methyl sites for hydroxylation is 1. The van der Waals surface area contributed by atoms with Crippen molar-refractivity contribution in [3.63, 3.8) is 0 Å². The molecule has 0 bridgehead atoms. The third kappa shape index (κ3) is 2.18. The third-order valence-electron chi connectivity index (χ3n) is 5.28. The van der Waals surface area contributed by atoms with Crippen molar-refractivity contribution in [1.29, 1.82) is 0 Å². The Morgan fingerprint density at radius 2 is 2.08 bits per heavy atom. The van der Waals surface area contributed by atoms with Crippen molar-refractivity contribution in [3.05, 3.63) is 82.5 Å². The van der Waals surface area contributed by atoms with E-state index in [1.54, 1.807) is 6.34 Å². The third-order valence-corrected chi connectivity index (χ3v) is 5.28. The van der Waals surface area contributed by atoms with Crippen molar-refractivity contribution in [2.24, 2.45) is 4.99 Å². The van der Waals surface area contributed by atoms with Crippen LogP contribution in [0.15, 0.2) is 59.5 Å². The SMILES string of the molecule is CCc1ccc(C2CC=C3c4c(c[nH]c42)C=CC2=CN=CNN23)cc1. The smallest absolute Gasteiger partial charge is 0.107 e. The highest BCUT2D eigenvalue weighted by Gasteiger charge is 2.31. The van der Waals surface area contributed by atoms with E-state index in [-0.39, 0.29) is 0 Å². The molecule has 4 nitrogen and oxygen atoms in total. The first-order valence-corrected chi connectivity index (χ1v) is 8.82. The lowest BCUT2D eigenvalue weighted by molar-refractivity contribution is 0.449. The minimum absolute atomic E-state index is 0.371. The van der Waals surface area contributed by atoms with E-state index in [0.717, 1.165) is 18.5 Å². The summed E-state index contributed by atoms with van der Waals surface area (Å²) in [7, 11) is 0. The number of rotatable bonds is 2. The predicted molar refractivity (Wildman–Crippen MR) is 102 cm³/mol. The summed E-state index contributed by atoms with van der Waals surface area (Å²) >= 11 is 0. The van der Waals surface area contributed by atoms with E-state index >= 15 is 0 Å². The molecule has 0 amide bonds. The van der Waals surface area contributed by atoms with Gasteiger partial charge in [-0.2, -0.15) is 0 Å². The molecule has 5 rings (SSSR count). The minimum atomic E-state index is 0.371. The van der Waals surface area contributed by atoms with Crippen LogP contribution in [0.5, 0.6) is 0 Å². The van der Waals surface area contributed by atoms with E-state index < -0.39 is 0 Å². The van der Waals surface area contributed by atoms with Gasteiger partial charge in [-0.15, -0.1) is 0 Å². The first kappa shape index (κ1) is 14.3. The van der Waals surface area contributed by atoms with Gasteiger partial charge >= 0.3 is 0 Å². The second-order valence-corrected chi connectivity index (χ2v) is 6.64. The lowest BCUT2D eigenvalue weighted by Crippen LogP contribution is -2.36. The quantitative estimate of drug-likeness (QED) is 0.869. The molecule has 0 saturated heterocycles. The summed E-state index contributed by atoms with van der Waals surface area (Å²) in [6.45, 7) is 2.20. The molecule has 3 heterocycles. The van der Waals surface area contributed by atoms with Crippen LogP contribution in [0.1, 0.15) is 47.2 Å². The van der Waals surface area contributed by atoms with Gasteiger partial charge in [0, 0.05) is 28.9 Å². The Morgan fingerprint density at radius 3 is 2.92 bits per heavy atom. The maximum Gasteiger partial charge on any atom is 0.107 e. The molecule has 1 atom stereocenters. The Kier molecular flexibility index (Phi) is 3.17. The zero-order valence-electron chi connectivity index (χ0n) is 14.2. The van der Waals surface area contributed by atoms with Gasteiger partial charge in [0.25, 0.3) is 0 Å². The minimum Gasteiger partial charge on any atom is -0.363 e. The Labute approximate surface area is 147 Å². The van der Waals surface area contributed by atoms with Gasteiger partial charge in [0.2, 0.25) is 0 Å². The van der Waals surface area contributed by atoms with E-state index in [0.29, 0.717) is 5.92 Å². The summed E-state index contributed by atoms with van der Waals surface area (Å²) in [6.07, 6.45) is 14.4. The highest BCUT2D eigenvalue weighted by Crippen LogP contribution is 2.43. The van der Waals surface area contributed by atoms with Crippen LogP contribution in [0.3, 0.4) is 0 Å². The number of H-pyrrole nitrogens is 1. The number of hydrazine groups is 1. The van der Waals surface area contributed by atoms with E-state index in [2.05, 4.69) is 76.0 Å². The van der Waals surface area contributed by atoms with E-state index in [9.17, 15) is 0 Å². The molecule has 3 aliphatic rings. The van der Waals surface area contributed by atoms with Gasteiger partial charge in [0.1, 0.15) is 6.34 Å². The largest absolute Gasteiger partial charge is 0.363 e. The maximum atomic E-state index is 4.21. The van der Waals surface area contributed by atoms with Crippen LogP contribution < -0.4 is 5.43 Å². The molecule has 2 N–H and O–H groups in total. The van der Waals surface area contributed by atoms with E-state index in [4.69, 9.17) is 0 Å². The number of aromatic amines is 1. The highest BCUT2D eigenvalue weighted by molar-refractivity contribution is 5.82. The average molecular weight is 328 g/mol. The second-order valence-electron chi connectivity index (χ2n) is 6.64. The van der Waals surface area contributed by atoms with Crippen molar-refractivity contribution in [3.8, 4) is 0 Å². The van der Waals surface area contributed by atoms with E-state index in [1.165, 1.54) is 33.6 Å². The first-order valence-electron chi connectivity index (χ1n) is 8.82. The lowest BCUT2D eigenvalue weighted by atomic mass is 9.84. The van der Waals surface area contributed by atoms with Gasteiger partial charge in [-0.1, -0.05) is 43.3 Å². The zero-order valence-corrected chi connectivity index (χ0v) is 14.2. The molecule has 0 spiro atoms. The molecule has 1 unspecified atom stereocenters. The van der Waals surface area contributed by atoms with Crippen molar-refractivity contribution in [1.82, 2.24) is 15.4 Å². The Balaban J connectivity index is 1.60. The number of aliphatic imine (C=N–C) groups is 1. The van der Waals surface area contributed by atoms with Gasteiger partial charge in [-0.3, -0.25) is 10.4 Å². The number of aromatic nitrogens is 1. The summed E-state index contributed by atoms with van der Waals surface area (Å²) in [5, 5.41) is 2.11. The van der Waals surface area contributed by atoms with Crippen molar-refractivity contribution in [2.75, 3.05) is 0 Å². The molecular formula is C21H20N4. The second kappa shape index (κ2) is 5.52. The Morgan fingerprint density at radius 1 is 1.20 bits per heavy atom. The van der Waals surface area contributed by atoms with Gasteiger partial charge in [-0.25, -0.2) is 4.99 Å². The van der Waals surface area contributed by atoms with Crippen LogP contribution in [-0.2, 0) is 6.42 Å². The van der Waals surface area contributed by atoms with Crippen LogP contribution in [0.4, 0.5) is 0 Å². The summed E-state index contributed by atoms with van der Waals surface area (Å²) < 4.78 is 0. The fourth-order valence-electron chi connectivity index (χ4n) is 3.93. The van der Waals surface area contributed by atoms with Gasteiger partial charge < -0.3 is 4.98 Å². The Hall–Kier alpha value is -3.01. The number of benzene rings is 1. The lowest BCUT2D eigenvalue weighted by Gasteiger charge is -2.32. The molecule has 1 aliphatic carbocycles. The summed E-state index contributed by atoms with van der Waals surface area (Å²) in [6, 6.07) is 9.05. The predicted octanol–water partition coefficient (Wildman–Crippen LogP) is 4.17.